The van der Waals surface area contributed by atoms with Crippen LogP contribution < -0.4 is 0 Å². The second-order valence-electron chi connectivity index (χ2n) is 28.5. The van der Waals surface area contributed by atoms with E-state index in [2.05, 4.69) is 41.5 Å². The topological polar surface area (TPSA) is 237 Å². The van der Waals surface area contributed by atoms with Crippen LogP contribution in [0.3, 0.4) is 0 Å². The monoisotopic (exact) mass is 1410 g/mol. The van der Waals surface area contributed by atoms with Crippen molar-refractivity contribution in [1.82, 2.24) is 0 Å². The van der Waals surface area contributed by atoms with E-state index in [-0.39, 0.29) is 25.7 Å². The first-order valence-corrected chi connectivity index (χ1v) is 43.0. The third kappa shape index (κ3) is 69.2. The summed E-state index contributed by atoms with van der Waals surface area (Å²) in [6.45, 7) is 9.61. The summed E-state index contributed by atoms with van der Waals surface area (Å²) in [6.07, 6.45) is 56.9. The van der Waals surface area contributed by atoms with Crippen molar-refractivity contribution >= 4 is 39.5 Å². The van der Waals surface area contributed by atoms with E-state index < -0.39 is 97.5 Å². The number of carbonyl (C=O) groups is 4. The Morgan fingerprint density at radius 1 is 0.302 bits per heavy atom. The van der Waals surface area contributed by atoms with E-state index in [0.29, 0.717) is 25.7 Å². The molecule has 0 aliphatic rings. The van der Waals surface area contributed by atoms with Gasteiger partial charge >= 0.3 is 39.5 Å². The molecule has 0 spiro atoms. The Hall–Kier alpha value is -1.94. The van der Waals surface area contributed by atoms with Crippen molar-refractivity contribution in [3.63, 3.8) is 0 Å². The lowest BCUT2D eigenvalue weighted by atomic mass is 9.99. The van der Waals surface area contributed by atoms with E-state index in [1.54, 1.807) is 0 Å². The highest BCUT2D eigenvalue weighted by Gasteiger charge is 2.30. The first-order chi connectivity index (χ1) is 46.4. The molecular weight excluding hydrogens is 1260 g/mol. The first-order valence-electron chi connectivity index (χ1n) is 40.0. The zero-order valence-electron chi connectivity index (χ0n) is 62.7. The van der Waals surface area contributed by atoms with Crippen molar-refractivity contribution < 1.29 is 80.2 Å². The van der Waals surface area contributed by atoms with Crippen LogP contribution >= 0.6 is 15.6 Å². The maximum absolute atomic E-state index is 13.1. The molecule has 0 saturated carbocycles. The van der Waals surface area contributed by atoms with Crippen LogP contribution in [0.4, 0.5) is 0 Å². The van der Waals surface area contributed by atoms with E-state index in [4.69, 9.17) is 37.0 Å². The summed E-state index contributed by atoms with van der Waals surface area (Å²) in [5.41, 5.74) is 0. The Kier molecular flexibility index (Phi) is 67.4. The molecule has 0 amide bonds. The molecule has 0 aliphatic heterocycles. The lowest BCUT2D eigenvalue weighted by molar-refractivity contribution is -0.161. The van der Waals surface area contributed by atoms with Gasteiger partial charge in [-0.3, -0.25) is 37.3 Å². The zero-order valence-corrected chi connectivity index (χ0v) is 64.5. The SMILES string of the molecule is CCCCCCCCCCCCCCCCCCCCC(=O)OC[C@H](COP(=O)(O)OC[C@@H](O)COP(=O)(O)OC[C@@H](COC(=O)CCCCCCCCCC)OC(=O)CCCCCCCCCCCC(C)C)OC(=O)CCCCCCCCCCCCCCCCC(C)CC. The summed E-state index contributed by atoms with van der Waals surface area (Å²) in [7, 11) is -9.91. The molecule has 570 valence electrons. The van der Waals surface area contributed by atoms with Crippen LogP contribution in [-0.4, -0.2) is 96.7 Å². The summed E-state index contributed by atoms with van der Waals surface area (Å²) in [4.78, 5) is 72.8. The van der Waals surface area contributed by atoms with E-state index in [1.165, 1.54) is 212 Å². The maximum atomic E-state index is 13.1. The summed E-state index contributed by atoms with van der Waals surface area (Å²) in [6, 6.07) is 0. The average molecular weight is 1410 g/mol. The molecule has 0 fully saturated rings. The quantitative estimate of drug-likeness (QED) is 0.0222. The Morgan fingerprint density at radius 2 is 0.531 bits per heavy atom. The normalized spacial score (nSPS) is 14.3. The van der Waals surface area contributed by atoms with Gasteiger partial charge < -0.3 is 33.8 Å². The summed E-state index contributed by atoms with van der Waals surface area (Å²) in [5, 5.41) is 10.6. The van der Waals surface area contributed by atoms with Crippen LogP contribution in [0.2, 0.25) is 0 Å². The highest BCUT2D eigenvalue weighted by molar-refractivity contribution is 7.47. The van der Waals surface area contributed by atoms with Gasteiger partial charge in [0.1, 0.15) is 19.3 Å². The van der Waals surface area contributed by atoms with E-state index in [9.17, 15) is 43.2 Å². The molecule has 0 bridgehead atoms. The predicted molar refractivity (Wildman–Crippen MR) is 391 cm³/mol. The molecule has 17 nitrogen and oxygen atoms in total. The van der Waals surface area contributed by atoms with Crippen molar-refractivity contribution in [3.8, 4) is 0 Å². The largest absolute Gasteiger partial charge is 0.472 e. The van der Waals surface area contributed by atoms with Gasteiger partial charge in [0.25, 0.3) is 0 Å². The predicted octanol–water partition coefficient (Wildman–Crippen LogP) is 22.7. The van der Waals surface area contributed by atoms with Gasteiger partial charge in [0.2, 0.25) is 0 Å². The number of phosphoric acid groups is 2. The molecule has 0 heterocycles. The van der Waals surface area contributed by atoms with Crippen molar-refractivity contribution in [1.29, 1.82) is 0 Å². The van der Waals surface area contributed by atoms with E-state index >= 15 is 0 Å². The van der Waals surface area contributed by atoms with E-state index in [0.717, 1.165) is 108 Å². The molecule has 3 unspecified atom stereocenters. The van der Waals surface area contributed by atoms with Crippen LogP contribution in [-0.2, 0) is 65.4 Å². The van der Waals surface area contributed by atoms with Crippen molar-refractivity contribution in [3.05, 3.63) is 0 Å². The van der Waals surface area contributed by atoms with Crippen molar-refractivity contribution in [2.24, 2.45) is 11.8 Å². The smallest absolute Gasteiger partial charge is 0.462 e. The van der Waals surface area contributed by atoms with Crippen LogP contribution in [0, 0.1) is 11.8 Å². The molecule has 0 aliphatic carbocycles. The molecule has 0 aromatic rings. The number of aliphatic hydroxyl groups excluding tert-OH is 1. The maximum Gasteiger partial charge on any atom is 0.472 e. The number of hydrogen-bond acceptors (Lipinski definition) is 15. The molecule has 6 atom stereocenters. The number of ether oxygens (including phenoxy) is 4. The van der Waals surface area contributed by atoms with Gasteiger partial charge in [0, 0.05) is 25.7 Å². The van der Waals surface area contributed by atoms with Gasteiger partial charge in [-0.05, 0) is 37.5 Å². The second-order valence-corrected chi connectivity index (χ2v) is 31.4. The first kappa shape index (κ1) is 94.1. The standard InChI is InChI=1S/C77H150O17P2/c1-7-10-12-14-16-18-19-20-21-22-23-24-28-31-36-42-48-54-60-75(80)88-66-73(93-76(81)61-55-49-43-37-32-29-26-25-27-30-35-40-46-52-58-70(6)9-3)68-92-96(85,86)90-64-71(78)63-89-95(83,84)91-67-72(65-87-74(79)59-53-47-41-17-15-13-11-8-2)94-77(82)62-56-50-44-38-33-34-39-45-51-57-69(4)5/h69-73,78H,7-68H2,1-6H3,(H,83,84)(H,85,86)/t70?,71-,72+,73+/m0/s1. The summed E-state index contributed by atoms with van der Waals surface area (Å²) < 4.78 is 68.5. The fraction of sp³-hybridized carbons (Fsp3) is 0.948. The Bertz CT molecular complexity index is 1860. The van der Waals surface area contributed by atoms with Crippen molar-refractivity contribution in [2.45, 2.75) is 419 Å². The minimum absolute atomic E-state index is 0.105. The lowest BCUT2D eigenvalue weighted by Crippen LogP contribution is -2.30. The molecule has 19 heteroatoms. The van der Waals surface area contributed by atoms with Gasteiger partial charge in [-0.1, -0.05) is 350 Å². The van der Waals surface area contributed by atoms with E-state index in [1.807, 2.05) is 0 Å². The Balaban J connectivity index is 5.21. The van der Waals surface area contributed by atoms with Gasteiger partial charge in [-0.25, -0.2) is 9.13 Å². The number of rotatable bonds is 76. The van der Waals surface area contributed by atoms with Gasteiger partial charge in [-0.15, -0.1) is 0 Å². The molecule has 0 radical (unpaired) electrons. The molecule has 0 aromatic carbocycles. The highest BCUT2D eigenvalue weighted by atomic mass is 31.2. The molecule has 0 saturated heterocycles. The van der Waals surface area contributed by atoms with Gasteiger partial charge in [-0.2, -0.15) is 0 Å². The van der Waals surface area contributed by atoms with Crippen molar-refractivity contribution in [2.75, 3.05) is 39.6 Å². The fourth-order valence-corrected chi connectivity index (χ4v) is 13.4. The molecule has 96 heavy (non-hydrogen) atoms. The molecular formula is C77H150O17P2. The number of hydrogen-bond donors (Lipinski definition) is 3. The molecule has 3 N–H and O–H groups in total. The second kappa shape index (κ2) is 68.8. The third-order valence-electron chi connectivity index (χ3n) is 18.3. The minimum Gasteiger partial charge on any atom is -0.462 e. The Labute approximate surface area is 588 Å². The average Bonchev–Trinajstić information content (AvgIpc) is 1.12. The summed E-state index contributed by atoms with van der Waals surface area (Å²) in [5.74, 6) is -0.535. The van der Waals surface area contributed by atoms with Gasteiger partial charge in [0.05, 0.1) is 26.4 Å². The minimum atomic E-state index is -4.96. The fourth-order valence-electron chi connectivity index (χ4n) is 11.8. The summed E-state index contributed by atoms with van der Waals surface area (Å²) >= 11 is 0. The number of phosphoric ester groups is 2. The highest BCUT2D eigenvalue weighted by Crippen LogP contribution is 2.45. The van der Waals surface area contributed by atoms with Crippen LogP contribution in [0.1, 0.15) is 401 Å². The van der Waals surface area contributed by atoms with Gasteiger partial charge in [0.15, 0.2) is 12.2 Å². The van der Waals surface area contributed by atoms with Crippen LogP contribution in [0.15, 0.2) is 0 Å². The van der Waals surface area contributed by atoms with Crippen LogP contribution in [0.5, 0.6) is 0 Å². The molecule has 0 aromatic heterocycles. The zero-order chi connectivity index (χ0) is 70.7. The number of unbranched alkanes of at least 4 members (excludes halogenated alkanes) is 45. The number of esters is 4. The Morgan fingerprint density at radius 3 is 0.792 bits per heavy atom. The lowest BCUT2D eigenvalue weighted by Gasteiger charge is -2.21. The third-order valence-corrected chi connectivity index (χ3v) is 20.2. The van der Waals surface area contributed by atoms with Crippen LogP contribution in [0.25, 0.3) is 0 Å². The number of aliphatic hydroxyl groups is 1. The number of carbonyl (C=O) groups excluding carboxylic acids is 4. The molecule has 0 rings (SSSR count).